The minimum Gasteiger partial charge on any atom is -0.384 e. The first-order chi connectivity index (χ1) is 9.15. The number of unbranched alkanes of at least 4 members (excludes halogenated alkanes) is 3. The number of anilines is 2. The lowest BCUT2D eigenvalue weighted by Gasteiger charge is -2.06. The summed E-state index contributed by atoms with van der Waals surface area (Å²) in [5.74, 6) is 1.73. The summed E-state index contributed by atoms with van der Waals surface area (Å²) in [6, 6.07) is 2.81. The lowest BCUT2D eigenvalue weighted by atomic mass is 10.2. The van der Waals surface area contributed by atoms with Crippen molar-refractivity contribution in [1.29, 1.82) is 0 Å². The second-order valence-electron chi connectivity index (χ2n) is 4.19. The van der Waals surface area contributed by atoms with E-state index in [4.69, 9.17) is 5.73 Å². The largest absolute Gasteiger partial charge is 0.384 e. The van der Waals surface area contributed by atoms with Gasteiger partial charge < -0.3 is 11.1 Å². The van der Waals surface area contributed by atoms with Gasteiger partial charge in [-0.2, -0.15) is 11.8 Å². The highest BCUT2D eigenvalue weighted by Gasteiger charge is 2.14. The highest BCUT2D eigenvalue weighted by atomic mass is 32.2. The summed E-state index contributed by atoms with van der Waals surface area (Å²) in [7, 11) is 0. The molecule has 1 aromatic rings. The lowest BCUT2D eigenvalue weighted by molar-refractivity contribution is -0.384. The van der Waals surface area contributed by atoms with Crippen LogP contribution in [0.5, 0.6) is 0 Å². The molecule has 0 unspecified atom stereocenters. The molecule has 106 valence electrons. The average Bonchev–Trinajstić information content (AvgIpc) is 2.37. The van der Waals surface area contributed by atoms with Gasteiger partial charge in [-0.25, -0.2) is 4.98 Å². The molecule has 7 heteroatoms. The van der Waals surface area contributed by atoms with E-state index in [-0.39, 0.29) is 17.3 Å². The first kappa shape index (κ1) is 15.6. The topological polar surface area (TPSA) is 94.1 Å². The Morgan fingerprint density at radius 2 is 2.11 bits per heavy atom. The fourth-order valence-corrected chi connectivity index (χ4v) is 2.17. The molecule has 1 aromatic heterocycles. The average molecular weight is 284 g/mol. The van der Waals surface area contributed by atoms with Crippen LogP contribution in [-0.4, -0.2) is 28.5 Å². The van der Waals surface area contributed by atoms with E-state index < -0.39 is 4.92 Å². The van der Waals surface area contributed by atoms with E-state index in [1.165, 1.54) is 30.7 Å². The van der Waals surface area contributed by atoms with Gasteiger partial charge in [-0.1, -0.05) is 12.8 Å². The van der Waals surface area contributed by atoms with Gasteiger partial charge in [-0.3, -0.25) is 10.1 Å². The third-order valence-electron chi connectivity index (χ3n) is 2.66. The number of nitro groups is 1. The first-order valence-corrected chi connectivity index (χ1v) is 7.68. The van der Waals surface area contributed by atoms with Gasteiger partial charge in [0, 0.05) is 12.6 Å². The predicted octanol–water partition coefficient (Wildman–Crippen LogP) is 2.91. The summed E-state index contributed by atoms with van der Waals surface area (Å²) in [6.45, 7) is 0.677. The maximum atomic E-state index is 10.8. The Balaban J connectivity index is 2.36. The highest BCUT2D eigenvalue weighted by molar-refractivity contribution is 7.98. The van der Waals surface area contributed by atoms with Crippen LogP contribution in [0.2, 0.25) is 0 Å². The Hall–Kier alpha value is -1.50. The number of aromatic nitrogens is 1. The summed E-state index contributed by atoms with van der Waals surface area (Å²) in [6.07, 6.45) is 6.60. The molecule has 0 saturated heterocycles. The van der Waals surface area contributed by atoms with Crippen LogP contribution in [0, 0.1) is 10.1 Å². The molecule has 0 spiro atoms. The van der Waals surface area contributed by atoms with Gasteiger partial charge in [0.25, 0.3) is 0 Å². The van der Waals surface area contributed by atoms with Crippen molar-refractivity contribution in [2.45, 2.75) is 25.7 Å². The van der Waals surface area contributed by atoms with E-state index >= 15 is 0 Å². The second kappa shape index (κ2) is 8.58. The third-order valence-corrected chi connectivity index (χ3v) is 3.36. The molecule has 0 fully saturated rings. The fraction of sp³-hybridized carbons (Fsp3) is 0.583. The summed E-state index contributed by atoms with van der Waals surface area (Å²) in [4.78, 5) is 14.3. The van der Waals surface area contributed by atoms with Gasteiger partial charge >= 0.3 is 5.69 Å². The summed E-state index contributed by atoms with van der Waals surface area (Å²) >= 11 is 1.85. The molecule has 0 aliphatic heterocycles. The number of hydrogen-bond acceptors (Lipinski definition) is 6. The number of pyridine rings is 1. The van der Waals surface area contributed by atoms with Gasteiger partial charge in [0.15, 0.2) is 0 Å². The molecule has 19 heavy (non-hydrogen) atoms. The zero-order valence-electron chi connectivity index (χ0n) is 11.1. The molecule has 0 radical (unpaired) electrons. The minimum absolute atomic E-state index is 0.0309. The zero-order chi connectivity index (χ0) is 14.1. The molecule has 0 amide bonds. The van der Waals surface area contributed by atoms with Crippen molar-refractivity contribution in [3.63, 3.8) is 0 Å². The molecular formula is C12H20N4O2S. The van der Waals surface area contributed by atoms with Crippen molar-refractivity contribution in [1.82, 2.24) is 4.98 Å². The van der Waals surface area contributed by atoms with Crippen molar-refractivity contribution >= 4 is 29.1 Å². The molecule has 1 rings (SSSR count). The Morgan fingerprint density at radius 1 is 1.37 bits per heavy atom. The molecule has 0 aromatic carbocycles. The van der Waals surface area contributed by atoms with Crippen LogP contribution < -0.4 is 11.1 Å². The van der Waals surface area contributed by atoms with E-state index in [1.807, 2.05) is 11.8 Å². The fourth-order valence-electron chi connectivity index (χ4n) is 1.68. The van der Waals surface area contributed by atoms with Crippen LogP contribution in [0.3, 0.4) is 0 Å². The highest BCUT2D eigenvalue weighted by Crippen LogP contribution is 2.22. The zero-order valence-corrected chi connectivity index (χ0v) is 11.9. The van der Waals surface area contributed by atoms with Gasteiger partial charge in [0.2, 0.25) is 5.82 Å². The van der Waals surface area contributed by atoms with E-state index in [2.05, 4.69) is 16.6 Å². The van der Waals surface area contributed by atoms with E-state index in [0.29, 0.717) is 6.54 Å². The number of nitrogens with one attached hydrogen (secondary N) is 1. The smallest absolute Gasteiger partial charge is 0.311 e. The van der Waals surface area contributed by atoms with Crippen LogP contribution in [0.1, 0.15) is 25.7 Å². The Morgan fingerprint density at radius 3 is 2.79 bits per heavy atom. The molecule has 1 heterocycles. The minimum atomic E-state index is -0.451. The molecule has 0 aliphatic carbocycles. The SMILES string of the molecule is CSCCCCCCNc1nc(N)ccc1[N+](=O)[O-]. The van der Waals surface area contributed by atoms with Crippen molar-refractivity contribution in [3.05, 3.63) is 22.2 Å². The number of nitrogen functional groups attached to an aromatic ring is 1. The van der Waals surface area contributed by atoms with Gasteiger partial charge in [0.1, 0.15) is 5.82 Å². The summed E-state index contributed by atoms with van der Waals surface area (Å²) < 4.78 is 0. The number of thioether (sulfide) groups is 1. The van der Waals surface area contributed by atoms with Gasteiger partial charge in [-0.05, 0) is 30.9 Å². The molecule has 0 bridgehead atoms. The van der Waals surface area contributed by atoms with Crippen molar-refractivity contribution < 1.29 is 4.92 Å². The molecule has 6 nitrogen and oxygen atoms in total. The number of nitrogens with zero attached hydrogens (tertiary/aromatic N) is 2. The maximum absolute atomic E-state index is 10.8. The van der Waals surface area contributed by atoms with Crippen LogP contribution in [0.25, 0.3) is 0 Å². The van der Waals surface area contributed by atoms with Crippen molar-refractivity contribution in [3.8, 4) is 0 Å². The summed E-state index contributed by atoms with van der Waals surface area (Å²) in [5, 5.41) is 13.8. The normalized spacial score (nSPS) is 10.4. The van der Waals surface area contributed by atoms with Gasteiger partial charge in [0.05, 0.1) is 4.92 Å². The van der Waals surface area contributed by atoms with Crippen LogP contribution >= 0.6 is 11.8 Å². The summed E-state index contributed by atoms with van der Waals surface area (Å²) in [5.41, 5.74) is 5.51. The number of nitrogens with two attached hydrogens (primary N) is 1. The van der Waals surface area contributed by atoms with Crippen LogP contribution in [0.4, 0.5) is 17.3 Å². The Bertz CT molecular complexity index is 415. The van der Waals surface area contributed by atoms with Crippen molar-refractivity contribution in [2.24, 2.45) is 0 Å². The molecule has 0 saturated carbocycles. The van der Waals surface area contributed by atoms with Crippen LogP contribution in [-0.2, 0) is 0 Å². The lowest BCUT2D eigenvalue weighted by Crippen LogP contribution is -2.07. The second-order valence-corrected chi connectivity index (χ2v) is 5.18. The van der Waals surface area contributed by atoms with Crippen LogP contribution in [0.15, 0.2) is 12.1 Å². The molecular weight excluding hydrogens is 264 g/mol. The quantitative estimate of drug-likeness (QED) is 0.411. The van der Waals surface area contributed by atoms with E-state index in [1.54, 1.807) is 0 Å². The standard InChI is InChI=1S/C12H20N4O2S/c1-19-9-5-3-2-4-8-14-12-10(16(17)18)6-7-11(13)15-12/h6-7H,2-5,8-9H2,1H3,(H3,13,14,15). The third kappa shape index (κ3) is 5.78. The molecule has 0 aliphatic rings. The maximum Gasteiger partial charge on any atom is 0.311 e. The van der Waals surface area contributed by atoms with E-state index in [9.17, 15) is 10.1 Å². The first-order valence-electron chi connectivity index (χ1n) is 6.29. The number of hydrogen-bond donors (Lipinski definition) is 2. The predicted molar refractivity (Wildman–Crippen MR) is 80.6 cm³/mol. The molecule has 3 N–H and O–H groups in total. The van der Waals surface area contributed by atoms with E-state index in [0.717, 1.165) is 12.8 Å². The monoisotopic (exact) mass is 284 g/mol. The Kier molecular flexibility index (Phi) is 7.02. The number of rotatable bonds is 9. The molecule has 0 atom stereocenters. The van der Waals surface area contributed by atoms with Crippen molar-refractivity contribution in [2.75, 3.05) is 29.6 Å². The Labute approximate surface area is 117 Å². The van der Waals surface area contributed by atoms with Gasteiger partial charge in [-0.15, -0.1) is 0 Å².